The molecule has 0 saturated heterocycles. The van der Waals surface area contributed by atoms with Crippen molar-refractivity contribution in [1.29, 1.82) is 0 Å². The van der Waals surface area contributed by atoms with E-state index in [0.29, 0.717) is 22.8 Å². The summed E-state index contributed by atoms with van der Waals surface area (Å²) in [4.78, 5) is 2.34. The van der Waals surface area contributed by atoms with Gasteiger partial charge in [0.05, 0.1) is 6.54 Å². The van der Waals surface area contributed by atoms with Crippen LogP contribution >= 0.6 is 0 Å². The van der Waals surface area contributed by atoms with Crippen LogP contribution in [0.2, 0.25) is 0 Å². The number of hydrogen-bond acceptors (Lipinski definition) is 4. The van der Waals surface area contributed by atoms with E-state index in [1.54, 1.807) is 6.92 Å². The molecule has 62 valence electrons. The molecule has 0 aromatic carbocycles. The fourth-order valence-electron chi connectivity index (χ4n) is 0.762. The SMILES string of the molecule is Cc1c(CN(C)C)no[n+]1[O-]. The van der Waals surface area contributed by atoms with Crippen molar-refractivity contribution in [3.8, 4) is 0 Å². The van der Waals surface area contributed by atoms with Gasteiger partial charge in [-0.3, -0.25) is 4.63 Å². The van der Waals surface area contributed by atoms with E-state index in [1.165, 1.54) is 0 Å². The summed E-state index contributed by atoms with van der Waals surface area (Å²) in [6.07, 6.45) is 0. The minimum atomic E-state index is 0.416. The number of aromatic nitrogens is 2. The van der Waals surface area contributed by atoms with Crippen molar-refractivity contribution in [2.24, 2.45) is 0 Å². The molecule has 0 atom stereocenters. The zero-order valence-electron chi connectivity index (χ0n) is 6.87. The van der Waals surface area contributed by atoms with Gasteiger partial charge in [-0.1, -0.05) is 0 Å². The first-order valence-corrected chi connectivity index (χ1v) is 3.31. The molecule has 5 nitrogen and oxygen atoms in total. The number of nitrogens with zero attached hydrogens (tertiary/aromatic N) is 3. The summed E-state index contributed by atoms with van der Waals surface area (Å²) in [5, 5.41) is 14.3. The fraction of sp³-hybridized carbons (Fsp3) is 0.667. The quantitative estimate of drug-likeness (QED) is 0.552. The average Bonchev–Trinajstić information content (AvgIpc) is 2.18. The lowest BCUT2D eigenvalue weighted by Gasteiger charge is -2.02. The van der Waals surface area contributed by atoms with E-state index in [2.05, 4.69) is 9.79 Å². The van der Waals surface area contributed by atoms with Crippen LogP contribution in [0.15, 0.2) is 4.63 Å². The van der Waals surface area contributed by atoms with E-state index in [4.69, 9.17) is 0 Å². The third-order valence-corrected chi connectivity index (χ3v) is 1.38. The van der Waals surface area contributed by atoms with Gasteiger partial charge in [0.2, 0.25) is 5.69 Å². The standard InChI is InChI=1S/C6H11N3O2/c1-5-6(4-8(2)3)7-11-9(5)10/h4H2,1-3H3. The van der Waals surface area contributed by atoms with Crippen LogP contribution in [0, 0.1) is 12.1 Å². The number of rotatable bonds is 2. The van der Waals surface area contributed by atoms with Crippen molar-refractivity contribution in [2.45, 2.75) is 13.5 Å². The van der Waals surface area contributed by atoms with E-state index < -0.39 is 0 Å². The second-order valence-electron chi connectivity index (χ2n) is 2.70. The summed E-state index contributed by atoms with van der Waals surface area (Å²) < 4.78 is 4.38. The highest BCUT2D eigenvalue weighted by molar-refractivity contribution is 4.99. The zero-order valence-corrected chi connectivity index (χ0v) is 6.87. The lowest BCUT2D eigenvalue weighted by atomic mass is 10.3. The Bertz CT molecular complexity index is 244. The molecule has 1 aromatic heterocycles. The molecule has 0 unspecified atom stereocenters. The molecular formula is C6H11N3O2. The van der Waals surface area contributed by atoms with E-state index in [1.807, 2.05) is 19.0 Å². The summed E-state index contributed by atoms with van der Waals surface area (Å²) in [5.74, 6) is 0. The predicted molar refractivity (Wildman–Crippen MR) is 37.6 cm³/mol. The van der Waals surface area contributed by atoms with Crippen LogP contribution in [0.25, 0.3) is 0 Å². The largest absolute Gasteiger partial charge is 0.359 e. The molecule has 1 rings (SSSR count). The van der Waals surface area contributed by atoms with Gasteiger partial charge in [0, 0.05) is 12.1 Å². The molecule has 1 aromatic rings. The van der Waals surface area contributed by atoms with Gasteiger partial charge >= 0.3 is 0 Å². The minimum absolute atomic E-state index is 0.416. The van der Waals surface area contributed by atoms with Gasteiger partial charge in [0.1, 0.15) is 0 Å². The Labute approximate surface area is 64.7 Å². The molecule has 11 heavy (non-hydrogen) atoms. The van der Waals surface area contributed by atoms with Gasteiger partial charge in [0.15, 0.2) is 5.69 Å². The van der Waals surface area contributed by atoms with Gasteiger partial charge in [-0.2, -0.15) is 0 Å². The van der Waals surface area contributed by atoms with Crippen molar-refractivity contribution in [3.63, 3.8) is 0 Å². The summed E-state index contributed by atoms with van der Waals surface area (Å²) in [7, 11) is 3.81. The predicted octanol–water partition coefficient (Wildman–Crippen LogP) is -0.322. The van der Waals surface area contributed by atoms with E-state index in [-0.39, 0.29) is 0 Å². The molecule has 0 amide bonds. The smallest absolute Gasteiger partial charge is 0.234 e. The first kappa shape index (κ1) is 8.00. The molecule has 0 spiro atoms. The van der Waals surface area contributed by atoms with E-state index in [9.17, 15) is 5.21 Å². The maximum atomic E-state index is 10.7. The first-order valence-electron chi connectivity index (χ1n) is 3.31. The zero-order chi connectivity index (χ0) is 8.43. The van der Waals surface area contributed by atoms with Crippen LogP contribution in [0.4, 0.5) is 0 Å². The highest BCUT2D eigenvalue weighted by atomic mass is 16.8. The van der Waals surface area contributed by atoms with Crippen molar-refractivity contribution in [2.75, 3.05) is 14.1 Å². The first-order chi connectivity index (χ1) is 5.11. The fourth-order valence-corrected chi connectivity index (χ4v) is 0.762. The lowest BCUT2D eigenvalue weighted by molar-refractivity contribution is -0.806. The normalized spacial score (nSPS) is 10.9. The van der Waals surface area contributed by atoms with Crippen LogP contribution in [0.5, 0.6) is 0 Å². The number of hydrogen-bond donors (Lipinski definition) is 0. The molecule has 0 N–H and O–H groups in total. The second kappa shape index (κ2) is 2.87. The second-order valence-corrected chi connectivity index (χ2v) is 2.70. The van der Waals surface area contributed by atoms with Gasteiger partial charge in [-0.15, -0.1) is 0 Å². The van der Waals surface area contributed by atoms with Gasteiger partial charge in [0.25, 0.3) is 0 Å². The molecule has 0 aliphatic heterocycles. The minimum Gasteiger partial charge on any atom is -0.359 e. The molecule has 0 aliphatic carbocycles. The Kier molecular flexibility index (Phi) is 2.09. The Morgan fingerprint density at radius 1 is 1.64 bits per heavy atom. The molecule has 0 fully saturated rings. The molecular weight excluding hydrogens is 146 g/mol. The van der Waals surface area contributed by atoms with Gasteiger partial charge < -0.3 is 10.1 Å². The monoisotopic (exact) mass is 157 g/mol. The summed E-state index contributed by atoms with van der Waals surface area (Å²) in [5.41, 5.74) is 1.21. The van der Waals surface area contributed by atoms with Crippen LogP contribution in [-0.4, -0.2) is 24.2 Å². The lowest BCUT2D eigenvalue weighted by Crippen LogP contribution is -2.26. The highest BCUT2D eigenvalue weighted by Gasteiger charge is 2.13. The van der Waals surface area contributed by atoms with Gasteiger partial charge in [-0.25, -0.2) is 0 Å². The Balaban J connectivity index is 2.79. The van der Waals surface area contributed by atoms with Crippen LogP contribution in [0.1, 0.15) is 11.4 Å². The third-order valence-electron chi connectivity index (χ3n) is 1.38. The Morgan fingerprint density at radius 2 is 2.27 bits per heavy atom. The average molecular weight is 157 g/mol. The Hall–Kier alpha value is -1.10. The third kappa shape index (κ3) is 1.68. The van der Waals surface area contributed by atoms with Crippen molar-refractivity contribution in [3.05, 3.63) is 16.6 Å². The molecule has 0 radical (unpaired) electrons. The summed E-state index contributed by atoms with van der Waals surface area (Å²) in [6, 6.07) is 0. The van der Waals surface area contributed by atoms with E-state index >= 15 is 0 Å². The van der Waals surface area contributed by atoms with Crippen LogP contribution < -0.4 is 4.90 Å². The molecule has 0 saturated carbocycles. The topological polar surface area (TPSA) is 56.2 Å². The van der Waals surface area contributed by atoms with Crippen molar-refractivity contribution in [1.82, 2.24) is 10.1 Å². The maximum absolute atomic E-state index is 10.7. The molecule has 0 aliphatic rings. The summed E-state index contributed by atoms with van der Waals surface area (Å²) >= 11 is 0. The van der Waals surface area contributed by atoms with Crippen molar-refractivity contribution < 1.29 is 9.53 Å². The molecule has 0 bridgehead atoms. The maximum Gasteiger partial charge on any atom is 0.234 e. The van der Waals surface area contributed by atoms with Gasteiger partial charge in [-0.05, 0) is 19.0 Å². The Morgan fingerprint density at radius 3 is 2.64 bits per heavy atom. The van der Waals surface area contributed by atoms with Crippen LogP contribution in [-0.2, 0) is 6.54 Å². The summed E-state index contributed by atoms with van der Waals surface area (Å²) in [6.45, 7) is 2.31. The highest BCUT2D eigenvalue weighted by Crippen LogP contribution is 2.00. The van der Waals surface area contributed by atoms with Crippen LogP contribution in [0.3, 0.4) is 0 Å². The molecule has 5 heteroatoms. The van der Waals surface area contributed by atoms with Crippen molar-refractivity contribution >= 4 is 0 Å². The van der Waals surface area contributed by atoms with E-state index in [0.717, 1.165) is 0 Å². The molecule has 1 heterocycles.